The van der Waals surface area contributed by atoms with Crippen LogP contribution in [0.25, 0.3) is 11.1 Å². The normalized spacial score (nSPS) is 17.4. The number of hydrogen-bond acceptors (Lipinski definition) is 8. The van der Waals surface area contributed by atoms with E-state index in [0.717, 1.165) is 11.1 Å². The van der Waals surface area contributed by atoms with Crippen LogP contribution < -0.4 is 15.8 Å². The van der Waals surface area contributed by atoms with Crippen molar-refractivity contribution in [2.45, 2.75) is 58.5 Å². The fourth-order valence-electron chi connectivity index (χ4n) is 3.76. The molecule has 0 spiro atoms. The second-order valence-electron chi connectivity index (χ2n) is 9.81. The number of carbonyl (C=O) groups excluding carboxylic acids is 3. The molecule has 0 bridgehead atoms. The van der Waals surface area contributed by atoms with Gasteiger partial charge in [-0.25, -0.2) is 4.79 Å². The molecule has 0 radical (unpaired) electrons. The number of esters is 1. The molecular formula is C27H34ClN3O7. The fourth-order valence-corrected chi connectivity index (χ4v) is 3.76. The minimum atomic E-state index is -1.14. The van der Waals surface area contributed by atoms with Gasteiger partial charge in [-0.3, -0.25) is 15.0 Å². The van der Waals surface area contributed by atoms with Gasteiger partial charge in [-0.05, 0) is 50.5 Å². The topological polar surface area (TPSA) is 150 Å². The van der Waals surface area contributed by atoms with Crippen molar-refractivity contribution in [3.63, 3.8) is 0 Å². The second kappa shape index (κ2) is 13.1. The Morgan fingerprint density at radius 2 is 1.63 bits per heavy atom. The molecule has 1 aliphatic heterocycles. The molecule has 1 saturated heterocycles. The minimum Gasteiger partial charge on any atom is -0.491 e. The van der Waals surface area contributed by atoms with Crippen LogP contribution in [0.3, 0.4) is 0 Å². The van der Waals surface area contributed by atoms with Gasteiger partial charge in [0.15, 0.2) is 0 Å². The van der Waals surface area contributed by atoms with Crippen LogP contribution in [-0.4, -0.2) is 48.4 Å². The molecule has 2 aromatic rings. The summed E-state index contributed by atoms with van der Waals surface area (Å²) in [6, 6.07) is 14.7. The zero-order chi connectivity index (χ0) is 27.2. The molecule has 1 fully saturated rings. The Morgan fingerprint density at radius 3 is 2.18 bits per heavy atom. The van der Waals surface area contributed by atoms with E-state index >= 15 is 0 Å². The van der Waals surface area contributed by atoms with Gasteiger partial charge in [0.1, 0.15) is 23.8 Å². The van der Waals surface area contributed by atoms with E-state index in [1.807, 2.05) is 36.4 Å². The van der Waals surface area contributed by atoms with Crippen LogP contribution in [0.5, 0.6) is 5.75 Å². The number of hydrogen-bond donors (Lipinski definition) is 3. The van der Waals surface area contributed by atoms with Gasteiger partial charge in [0.05, 0.1) is 18.4 Å². The molecule has 4 N–H and O–H groups in total. The standard InChI is InChI=1S/C27H33N3O7.ClH/c1-16(36-26(33)37-27(2,3)4)35-23(31)14-20-13-21(30-25(20)32)15-34-22-11-9-18(10-12-22)17-5-7-19(8-6-17)24(28)29;/h5-12,16,20-21H,13-15H2,1-4H3,(H3,28,29)(H,30,32);1H/t16?,20-,21-;/m0./s1. The van der Waals surface area contributed by atoms with Crippen molar-refractivity contribution < 1.29 is 33.3 Å². The first-order chi connectivity index (χ1) is 17.4. The highest BCUT2D eigenvalue weighted by molar-refractivity contribution is 5.95. The maximum Gasteiger partial charge on any atom is 0.511 e. The quantitative estimate of drug-likeness (QED) is 0.183. The number of carbonyl (C=O) groups is 3. The summed E-state index contributed by atoms with van der Waals surface area (Å²) in [6.07, 6.45) is -1.80. The highest BCUT2D eigenvalue weighted by Crippen LogP contribution is 2.25. The van der Waals surface area contributed by atoms with E-state index in [1.54, 1.807) is 32.9 Å². The van der Waals surface area contributed by atoms with Crippen molar-refractivity contribution in [1.82, 2.24) is 5.32 Å². The zero-order valence-corrected chi connectivity index (χ0v) is 22.6. The number of benzene rings is 2. The lowest BCUT2D eigenvalue weighted by Gasteiger charge is -2.21. The Hall–Kier alpha value is -3.79. The van der Waals surface area contributed by atoms with E-state index in [-0.39, 0.29) is 43.2 Å². The number of amides is 1. The lowest BCUT2D eigenvalue weighted by atomic mass is 10.0. The largest absolute Gasteiger partial charge is 0.511 e. The summed E-state index contributed by atoms with van der Waals surface area (Å²) < 4.78 is 20.8. The molecule has 3 atom stereocenters. The molecule has 0 saturated carbocycles. The average molecular weight is 548 g/mol. The van der Waals surface area contributed by atoms with E-state index in [1.165, 1.54) is 6.92 Å². The summed E-state index contributed by atoms with van der Waals surface area (Å²) in [7, 11) is 0. The van der Waals surface area contributed by atoms with Gasteiger partial charge < -0.3 is 30.0 Å². The van der Waals surface area contributed by atoms with Gasteiger partial charge in [-0.2, -0.15) is 0 Å². The predicted molar refractivity (Wildman–Crippen MR) is 143 cm³/mol. The molecular weight excluding hydrogens is 514 g/mol. The Morgan fingerprint density at radius 1 is 1.05 bits per heavy atom. The van der Waals surface area contributed by atoms with E-state index < -0.39 is 29.9 Å². The smallest absolute Gasteiger partial charge is 0.491 e. The highest BCUT2D eigenvalue weighted by atomic mass is 35.5. The Balaban J connectivity index is 0.00000507. The van der Waals surface area contributed by atoms with Crippen molar-refractivity contribution in [3.05, 3.63) is 54.1 Å². The SMILES string of the molecule is CC(OC(=O)C[C@@H]1C[C@@H](COc2ccc(-c3ccc(C(=N)N)cc3)cc2)NC1=O)OC(=O)OC(C)(C)C.Cl. The molecule has 1 amide bonds. The van der Waals surface area contributed by atoms with Crippen LogP contribution in [-0.2, 0) is 23.8 Å². The number of rotatable bonds is 9. The lowest BCUT2D eigenvalue weighted by molar-refractivity contribution is -0.171. The molecule has 0 aromatic heterocycles. The highest BCUT2D eigenvalue weighted by Gasteiger charge is 2.35. The molecule has 3 rings (SSSR count). The molecule has 10 nitrogen and oxygen atoms in total. The molecule has 206 valence electrons. The lowest BCUT2D eigenvalue weighted by Crippen LogP contribution is -2.31. The van der Waals surface area contributed by atoms with Crippen LogP contribution in [0.15, 0.2) is 48.5 Å². The van der Waals surface area contributed by atoms with Gasteiger partial charge in [-0.15, -0.1) is 12.4 Å². The Bertz CT molecular complexity index is 1130. The zero-order valence-electron chi connectivity index (χ0n) is 21.8. The summed E-state index contributed by atoms with van der Waals surface area (Å²) in [4.78, 5) is 36.2. The third-order valence-electron chi connectivity index (χ3n) is 5.48. The predicted octanol–water partition coefficient (Wildman–Crippen LogP) is 4.17. The second-order valence-corrected chi connectivity index (χ2v) is 9.81. The number of nitrogens with one attached hydrogen (secondary N) is 2. The third kappa shape index (κ3) is 9.26. The van der Waals surface area contributed by atoms with Gasteiger partial charge in [0.25, 0.3) is 0 Å². The maximum absolute atomic E-state index is 12.3. The van der Waals surface area contributed by atoms with Gasteiger partial charge >= 0.3 is 12.1 Å². The van der Waals surface area contributed by atoms with Gasteiger partial charge in [0.2, 0.25) is 12.2 Å². The first-order valence-corrected chi connectivity index (χ1v) is 12.0. The van der Waals surface area contributed by atoms with Crippen LogP contribution in [0, 0.1) is 11.3 Å². The van der Waals surface area contributed by atoms with Crippen LogP contribution >= 0.6 is 12.4 Å². The van der Waals surface area contributed by atoms with E-state index in [0.29, 0.717) is 17.7 Å². The molecule has 1 unspecified atom stereocenters. The molecule has 1 aliphatic rings. The van der Waals surface area contributed by atoms with E-state index in [4.69, 9.17) is 30.1 Å². The number of amidine groups is 1. The average Bonchev–Trinajstić information content (AvgIpc) is 3.15. The van der Waals surface area contributed by atoms with Crippen molar-refractivity contribution in [3.8, 4) is 16.9 Å². The monoisotopic (exact) mass is 547 g/mol. The number of ether oxygens (including phenoxy) is 4. The maximum atomic E-state index is 12.3. The number of nitrogens with two attached hydrogens (primary N) is 1. The van der Waals surface area contributed by atoms with E-state index in [2.05, 4.69) is 5.32 Å². The first kappa shape index (κ1) is 30.4. The number of halogens is 1. The van der Waals surface area contributed by atoms with Crippen molar-refractivity contribution in [1.29, 1.82) is 5.41 Å². The summed E-state index contributed by atoms with van der Waals surface area (Å²) in [6.45, 7) is 6.73. The Kier molecular flexibility index (Phi) is 10.5. The third-order valence-corrected chi connectivity index (χ3v) is 5.48. The summed E-state index contributed by atoms with van der Waals surface area (Å²) in [5.41, 5.74) is 7.40. The van der Waals surface area contributed by atoms with Gasteiger partial charge in [-0.1, -0.05) is 36.4 Å². The molecule has 2 aromatic carbocycles. The summed E-state index contributed by atoms with van der Waals surface area (Å²) in [5.74, 6) is -0.792. The van der Waals surface area contributed by atoms with E-state index in [9.17, 15) is 14.4 Å². The van der Waals surface area contributed by atoms with Crippen molar-refractivity contribution in [2.75, 3.05) is 6.61 Å². The molecule has 11 heteroatoms. The summed E-state index contributed by atoms with van der Waals surface area (Å²) in [5, 5.41) is 10.3. The molecule has 0 aliphatic carbocycles. The summed E-state index contributed by atoms with van der Waals surface area (Å²) >= 11 is 0. The minimum absolute atomic E-state index is 0. The first-order valence-electron chi connectivity index (χ1n) is 12.0. The Labute approximate surface area is 228 Å². The van der Waals surface area contributed by atoms with Crippen molar-refractivity contribution in [2.24, 2.45) is 11.7 Å². The van der Waals surface area contributed by atoms with Crippen LogP contribution in [0.4, 0.5) is 4.79 Å². The van der Waals surface area contributed by atoms with Crippen LogP contribution in [0.1, 0.15) is 46.1 Å². The van der Waals surface area contributed by atoms with Crippen LogP contribution in [0.2, 0.25) is 0 Å². The van der Waals surface area contributed by atoms with Crippen molar-refractivity contribution >= 4 is 36.3 Å². The number of nitrogen functional groups attached to an aromatic ring is 1. The molecule has 38 heavy (non-hydrogen) atoms. The molecule has 1 heterocycles. The van der Waals surface area contributed by atoms with Gasteiger partial charge in [0, 0.05) is 12.5 Å². The fraction of sp³-hybridized carbons (Fsp3) is 0.407.